The summed E-state index contributed by atoms with van der Waals surface area (Å²) in [7, 11) is -3.79. The van der Waals surface area contributed by atoms with Crippen LogP contribution in [-0.2, 0) is 14.8 Å². The van der Waals surface area contributed by atoms with Gasteiger partial charge in [-0.05, 0) is 56.0 Å². The molecule has 1 aliphatic carbocycles. The van der Waals surface area contributed by atoms with Crippen LogP contribution in [0.2, 0.25) is 10.0 Å². The number of sulfonamides is 1. The second kappa shape index (κ2) is 8.75. The number of aromatic nitrogens is 3. The van der Waals surface area contributed by atoms with Gasteiger partial charge in [-0.2, -0.15) is 9.50 Å². The number of halogens is 2. The quantitative estimate of drug-likeness (QED) is 0.528. The van der Waals surface area contributed by atoms with Crippen LogP contribution in [0.5, 0.6) is 0 Å². The van der Waals surface area contributed by atoms with Gasteiger partial charge in [0.1, 0.15) is 10.7 Å². The first-order chi connectivity index (χ1) is 15.8. The number of fused-ring (bicyclic) bond motifs is 1. The first-order valence-electron chi connectivity index (χ1n) is 10.7. The second-order valence-electron chi connectivity index (χ2n) is 8.31. The lowest BCUT2D eigenvalue weighted by atomic mass is 10.1. The molecule has 2 aromatic heterocycles. The number of hydrogen-bond donors (Lipinski definition) is 2. The molecule has 9 nitrogen and oxygen atoms in total. The van der Waals surface area contributed by atoms with Gasteiger partial charge >= 0.3 is 0 Å². The van der Waals surface area contributed by atoms with Crippen LogP contribution in [0.25, 0.3) is 5.65 Å². The molecule has 2 N–H and O–H groups in total. The third-order valence-electron chi connectivity index (χ3n) is 5.85. The van der Waals surface area contributed by atoms with Crippen molar-refractivity contribution in [3.05, 3.63) is 46.4 Å². The van der Waals surface area contributed by atoms with E-state index in [1.54, 1.807) is 10.6 Å². The molecule has 1 aliphatic heterocycles. The number of nitrogens with one attached hydrogen (secondary N) is 2. The molecule has 3 heterocycles. The highest BCUT2D eigenvalue weighted by atomic mass is 35.5. The van der Waals surface area contributed by atoms with E-state index in [0.29, 0.717) is 42.5 Å². The zero-order chi connectivity index (χ0) is 23.2. The summed E-state index contributed by atoms with van der Waals surface area (Å²) in [6.07, 6.45) is 3.03. The molecular formula is C21H22Cl2N6O3S. The fraction of sp³-hybridized carbons (Fsp3) is 0.381. The number of piperidine rings is 1. The van der Waals surface area contributed by atoms with Crippen molar-refractivity contribution < 1.29 is 13.2 Å². The van der Waals surface area contributed by atoms with E-state index < -0.39 is 10.0 Å². The third kappa shape index (κ3) is 4.79. The van der Waals surface area contributed by atoms with E-state index in [-0.39, 0.29) is 27.8 Å². The van der Waals surface area contributed by atoms with Crippen LogP contribution in [0.4, 0.5) is 11.8 Å². The van der Waals surface area contributed by atoms with Gasteiger partial charge < -0.3 is 4.90 Å². The summed E-state index contributed by atoms with van der Waals surface area (Å²) in [6, 6.07) is 9.80. The van der Waals surface area contributed by atoms with Crippen LogP contribution in [0.15, 0.2) is 41.3 Å². The minimum Gasteiger partial charge on any atom is -0.356 e. The van der Waals surface area contributed by atoms with Crippen LogP contribution >= 0.6 is 23.2 Å². The summed E-state index contributed by atoms with van der Waals surface area (Å²) in [6.45, 7) is 1.25. The number of carbonyl (C=O) groups excluding carboxylic acids is 1. The lowest BCUT2D eigenvalue weighted by Crippen LogP contribution is -2.45. The Labute approximate surface area is 201 Å². The Kier molecular flexibility index (Phi) is 5.94. The number of pyridine rings is 1. The molecule has 1 saturated heterocycles. The van der Waals surface area contributed by atoms with Crippen LogP contribution in [-0.4, -0.2) is 48.1 Å². The Morgan fingerprint density at radius 1 is 1.06 bits per heavy atom. The van der Waals surface area contributed by atoms with Crippen LogP contribution in [0.3, 0.4) is 0 Å². The van der Waals surface area contributed by atoms with Crippen molar-refractivity contribution in [2.24, 2.45) is 5.92 Å². The fourth-order valence-electron chi connectivity index (χ4n) is 3.93. The number of amides is 1. The highest BCUT2D eigenvalue weighted by molar-refractivity contribution is 7.89. The van der Waals surface area contributed by atoms with Crippen molar-refractivity contribution in [2.45, 2.75) is 36.6 Å². The van der Waals surface area contributed by atoms with Crippen molar-refractivity contribution in [2.75, 3.05) is 23.3 Å². The zero-order valence-electron chi connectivity index (χ0n) is 17.5. The third-order valence-corrected chi connectivity index (χ3v) is 8.08. The fourth-order valence-corrected chi connectivity index (χ4v) is 6.00. The van der Waals surface area contributed by atoms with Gasteiger partial charge in [0.15, 0.2) is 5.65 Å². The predicted octanol–water partition coefficient (Wildman–Crippen LogP) is 3.33. The summed E-state index contributed by atoms with van der Waals surface area (Å²) >= 11 is 12.0. The molecule has 2 aliphatic rings. The van der Waals surface area contributed by atoms with E-state index >= 15 is 0 Å². The van der Waals surface area contributed by atoms with Gasteiger partial charge in [0, 0.05) is 30.1 Å². The number of anilines is 2. The topological polar surface area (TPSA) is 109 Å². The van der Waals surface area contributed by atoms with Crippen molar-refractivity contribution in [1.82, 2.24) is 19.3 Å². The van der Waals surface area contributed by atoms with Gasteiger partial charge in [0.25, 0.3) is 0 Å². The molecule has 3 aromatic rings. The Morgan fingerprint density at radius 3 is 2.55 bits per heavy atom. The first-order valence-corrected chi connectivity index (χ1v) is 12.9. The van der Waals surface area contributed by atoms with E-state index in [9.17, 15) is 13.2 Å². The highest BCUT2D eigenvalue weighted by Crippen LogP contribution is 2.30. The molecule has 0 bridgehead atoms. The first kappa shape index (κ1) is 22.4. The molecule has 1 saturated carbocycles. The van der Waals surface area contributed by atoms with E-state index in [2.05, 4.69) is 25.0 Å². The smallest absolute Gasteiger partial charge is 0.249 e. The largest absolute Gasteiger partial charge is 0.356 e. The van der Waals surface area contributed by atoms with Gasteiger partial charge in [-0.1, -0.05) is 29.3 Å². The van der Waals surface area contributed by atoms with E-state index in [0.717, 1.165) is 18.7 Å². The lowest BCUT2D eigenvalue weighted by molar-refractivity contribution is -0.117. The molecule has 0 unspecified atom stereocenters. The standard InChI is InChI=1S/C21H22Cl2N6O3S/c22-14-6-7-16(23)17(12-14)33(31,32)27-15-8-10-28(11-9-15)19-3-1-2-18-24-21(26-29(18)19)25-20(30)13-4-5-13/h1-3,6-7,12-13,15,27H,4-5,8-11H2,(H,25,26,30). The molecule has 174 valence electrons. The molecule has 1 aromatic carbocycles. The Balaban J connectivity index is 1.27. The minimum absolute atomic E-state index is 0.0211. The average Bonchev–Trinajstić information content (AvgIpc) is 3.55. The van der Waals surface area contributed by atoms with Crippen LogP contribution < -0.4 is 14.9 Å². The van der Waals surface area contributed by atoms with Gasteiger partial charge in [-0.25, -0.2) is 13.1 Å². The SMILES string of the molecule is O=C(Nc1nc2cccc(N3CCC(NS(=O)(=O)c4cc(Cl)ccc4Cl)CC3)n2n1)C1CC1. The summed E-state index contributed by atoms with van der Waals surface area (Å²) in [5.41, 5.74) is 0.636. The van der Waals surface area contributed by atoms with Crippen molar-refractivity contribution >= 4 is 56.5 Å². The van der Waals surface area contributed by atoms with Gasteiger partial charge in [0.2, 0.25) is 21.9 Å². The molecule has 0 radical (unpaired) electrons. The second-order valence-corrected chi connectivity index (χ2v) is 10.8. The summed E-state index contributed by atoms with van der Waals surface area (Å²) in [4.78, 5) is 18.6. The maximum absolute atomic E-state index is 12.8. The van der Waals surface area contributed by atoms with Crippen molar-refractivity contribution in [3.63, 3.8) is 0 Å². The molecule has 33 heavy (non-hydrogen) atoms. The van der Waals surface area contributed by atoms with E-state index in [4.69, 9.17) is 23.2 Å². The number of benzene rings is 1. The molecule has 0 spiro atoms. The summed E-state index contributed by atoms with van der Waals surface area (Å²) < 4.78 is 30.1. The van der Waals surface area contributed by atoms with Crippen LogP contribution in [0, 0.1) is 5.92 Å². The number of nitrogens with zero attached hydrogens (tertiary/aromatic N) is 4. The maximum Gasteiger partial charge on any atom is 0.249 e. The molecule has 2 fully saturated rings. The normalized spacial score (nSPS) is 17.5. The molecule has 0 atom stereocenters. The lowest BCUT2D eigenvalue weighted by Gasteiger charge is -2.33. The predicted molar refractivity (Wildman–Crippen MR) is 126 cm³/mol. The van der Waals surface area contributed by atoms with Gasteiger partial charge in [-0.15, -0.1) is 5.10 Å². The number of rotatable bonds is 6. The van der Waals surface area contributed by atoms with Crippen molar-refractivity contribution in [3.8, 4) is 0 Å². The van der Waals surface area contributed by atoms with Crippen LogP contribution in [0.1, 0.15) is 25.7 Å². The van der Waals surface area contributed by atoms with Crippen molar-refractivity contribution in [1.29, 1.82) is 0 Å². The molecular weight excluding hydrogens is 487 g/mol. The monoisotopic (exact) mass is 508 g/mol. The zero-order valence-corrected chi connectivity index (χ0v) is 19.9. The number of carbonyl (C=O) groups is 1. The maximum atomic E-state index is 12.8. The Bertz CT molecular complexity index is 1320. The van der Waals surface area contributed by atoms with Gasteiger partial charge in [0.05, 0.1) is 5.02 Å². The van der Waals surface area contributed by atoms with E-state index in [1.807, 2.05) is 18.2 Å². The average molecular weight is 509 g/mol. The molecule has 1 amide bonds. The van der Waals surface area contributed by atoms with Gasteiger partial charge in [-0.3, -0.25) is 10.1 Å². The van der Waals surface area contributed by atoms with E-state index in [1.165, 1.54) is 12.1 Å². The number of hydrogen-bond acceptors (Lipinski definition) is 6. The minimum atomic E-state index is -3.79. The Morgan fingerprint density at radius 2 is 1.82 bits per heavy atom. The molecule has 12 heteroatoms. The highest BCUT2D eigenvalue weighted by Gasteiger charge is 2.31. The summed E-state index contributed by atoms with van der Waals surface area (Å²) in [5, 5.41) is 7.69. The Hall–Kier alpha value is -2.40. The summed E-state index contributed by atoms with van der Waals surface area (Å²) in [5.74, 6) is 1.16. The molecule has 5 rings (SSSR count).